The summed E-state index contributed by atoms with van der Waals surface area (Å²) in [6.45, 7) is 0.0733. The molecule has 2 nitrogen and oxygen atoms in total. The largest absolute Gasteiger partial charge is 0.486 e. The van der Waals surface area contributed by atoms with Crippen LogP contribution in [-0.4, -0.2) is 11.7 Å². The Morgan fingerprint density at radius 1 is 1.15 bits per heavy atom. The van der Waals surface area contributed by atoms with Crippen molar-refractivity contribution in [1.29, 1.82) is 0 Å². The lowest BCUT2D eigenvalue weighted by molar-refractivity contribution is 0.290. The summed E-state index contributed by atoms with van der Waals surface area (Å²) in [5, 5.41) is 8.64. The first kappa shape index (κ1) is 14.4. The van der Waals surface area contributed by atoms with E-state index < -0.39 is 5.82 Å². The summed E-state index contributed by atoms with van der Waals surface area (Å²) >= 11 is 5.67. The van der Waals surface area contributed by atoms with Crippen LogP contribution in [0.4, 0.5) is 4.39 Å². The number of rotatable bonds is 3. The number of halogens is 2. The fourth-order valence-electron chi connectivity index (χ4n) is 1.58. The highest BCUT2D eigenvalue weighted by atomic mass is 35.5. The van der Waals surface area contributed by atoms with Crippen LogP contribution in [0.25, 0.3) is 0 Å². The first-order valence-electron chi connectivity index (χ1n) is 5.96. The number of benzene rings is 2. The van der Waals surface area contributed by atoms with Gasteiger partial charge in [0.1, 0.15) is 13.2 Å². The molecule has 20 heavy (non-hydrogen) atoms. The quantitative estimate of drug-likeness (QED) is 0.878. The van der Waals surface area contributed by atoms with Gasteiger partial charge in [-0.2, -0.15) is 0 Å². The Labute approximate surface area is 121 Å². The van der Waals surface area contributed by atoms with Gasteiger partial charge in [0.2, 0.25) is 0 Å². The van der Waals surface area contributed by atoms with Crippen LogP contribution in [0.1, 0.15) is 11.1 Å². The van der Waals surface area contributed by atoms with E-state index in [4.69, 9.17) is 21.4 Å². The zero-order chi connectivity index (χ0) is 14.4. The molecule has 1 N–H and O–H groups in total. The molecule has 0 heterocycles. The molecular weight excluding hydrogens is 279 g/mol. The first-order valence-corrected chi connectivity index (χ1v) is 6.34. The molecule has 102 valence electrons. The van der Waals surface area contributed by atoms with E-state index in [1.54, 1.807) is 6.07 Å². The molecule has 0 atom stereocenters. The van der Waals surface area contributed by atoms with Gasteiger partial charge in [-0.25, -0.2) is 4.39 Å². The van der Waals surface area contributed by atoms with Crippen LogP contribution in [0.2, 0.25) is 5.02 Å². The van der Waals surface area contributed by atoms with Gasteiger partial charge >= 0.3 is 0 Å². The third-order valence-corrected chi connectivity index (χ3v) is 2.87. The van der Waals surface area contributed by atoms with Crippen LogP contribution in [-0.2, 0) is 6.61 Å². The van der Waals surface area contributed by atoms with Crippen LogP contribution < -0.4 is 4.74 Å². The zero-order valence-electron chi connectivity index (χ0n) is 10.6. The number of ether oxygens (including phenoxy) is 1. The molecule has 0 aliphatic carbocycles. The van der Waals surface area contributed by atoms with Gasteiger partial charge in [0.25, 0.3) is 0 Å². The van der Waals surface area contributed by atoms with Crippen LogP contribution in [0.5, 0.6) is 5.75 Å². The second-order valence-electron chi connectivity index (χ2n) is 4.00. The standard InChI is InChI=1S/C16H12ClFO2/c17-14-4-1-5-15(16(14)18)20-11-13-8-6-12(7-9-13)3-2-10-19/h1,4-9,19H,10-11H2. The van der Waals surface area contributed by atoms with Crippen molar-refractivity contribution in [3.8, 4) is 17.6 Å². The van der Waals surface area contributed by atoms with Gasteiger partial charge in [0.05, 0.1) is 5.02 Å². The van der Waals surface area contributed by atoms with Gasteiger partial charge in [-0.1, -0.05) is 41.6 Å². The lowest BCUT2D eigenvalue weighted by Gasteiger charge is -2.08. The Balaban J connectivity index is 2.02. The van der Waals surface area contributed by atoms with Gasteiger partial charge in [-0.3, -0.25) is 0 Å². The van der Waals surface area contributed by atoms with E-state index in [-0.39, 0.29) is 24.0 Å². The normalized spacial score (nSPS) is 9.75. The van der Waals surface area contributed by atoms with Gasteiger partial charge in [0, 0.05) is 5.56 Å². The SMILES string of the molecule is OCC#Cc1ccc(COc2cccc(Cl)c2F)cc1. The summed E-state index contributed by atoms with van der Waals surface area (Å²) in [5.74, 6) is 4.93. The molecule has 0 bridgehead atoms. The average Bonchev–Trinajstić information content (AvgIpc) is 2.48. The number of aliphatic hydroxyl groups is 1. The molecule has 2 aromatic carbocycles. The topological polar surface area (TPSA) is 29.5 Å². The van der Waals surface area contributed by atoms with Crippen LogP contribution in [0, 0.1) is 17.7 Å². The van der Waals surface area contributed by atoms with Crippen LogP contribution in [0.15, 0.2) is 42.5 Å². The van der Waals surface area contributed by atoms with Crippen molar-refractivity contribution < 1.29 is 14.2 Å². The van der Waals surface area contributed by atoms with Crippen molar-refractivity contribution in [2.75, 3.05) is 6.61 Å². The van der Waals surface area contributed by atoms with Crippen molar-refractivity contribution in [3.63, 3.8) is 0 Å². The second kappa shape index (κ2) is 6.95. The molecule has 4 heteroatoms. The highest BCUT2D eigenvalue weighted by molar-refractivity contribution is 6.30. The maximum Gasteiger partial charge on any atom is 0.183 e. The van der Waals surface area contributed by atoms with Crippen molar-refractivity contribution in [3.05, 3.63) is 64.4 Å². The molecule has 0 spiro atoms. The summed E-state index contributed by atoms with van der Waals surface area (Å²) in [6, 6.07) is 11.9. The van der Waals surface area contributed by atoms with Crippen molar-refractivity contribution in [2.45, 2.75) is 6.61 Å². The molecule has 0 fully saturated rings. The Bertz CT molecular complexity index is 642. The first-order chi connectivity index (χ1) is 9.70. The third-order valence-electron chi connectivity index (χ3n) is 2.58. The lowest BCUT2D eigenvalue weighted by Crippen LogP contribution is -1.97. The molecular formula is C16H12ClFO2. The number of aliphatic hydroxyl groups excluding tert-OH is 1. The molecule has 0 unspecified atom stereocenters. The maximum atomic E-state index is 13.6. The highest BCUT2D eigenvalue weighted by Gasteiger charge is 2.07. The minimum Gasteiger partial charge on any atom is -0.486 e. The predicted octanol–water partition coefficient (Wildman–Crippen LogP) is 3.40. The minimum absolute atomic E-state index is 0.0390. The minimum atomic E-state index is -0.556. The smallest absolute Gasteiger partial charge is 0.183 e. The van der Waals surface area contributed by atoms with E-state index in [0.717, 1.165) is 11.1 Å². The van der Waals surface area contributed by atoms with Crippen LogP contribution in [0.3, 0.4) is 0 Å². The van der Waals surface area contributed by atoms with E-state index in [1.807, 2.05) is 24.3 Å². The third kappa shape index (κ3) is 3.74. The fourth-order valence-corrected chi connectivity index (χ4v) is 1.75. The molecule has 0 amide bonds. The van der Waals surface area contributed by atoms with Gasteiger partial charge in [-0.15, -0.1) is 0 Å². The van der Waals surface area contributed by atoms with E-state index >= 15 is 0 Å². The van der Waals surface area contributed by atoms with Crippen molar-refractivity contribution >= 4 is 11.6 Å². The summed E-state index contributed by atoms with van der Waals surface area (Å²) in [7, 11) is 0. The monoisotopic (exact) mass is 290 g/mol. The van der Waals surface area contributed by atoms with Crippen molar-refractivity contribution in [1.82, 2.24) is 0 Å². The Morgan fingerprint density at radius 3 is 2.60 bits per heavy atom. The van der Waals surface area contributed by atoms with Gasteiger partial charge < -0.3 is 9.84 Å². The highest BCUT2D eigenvalue weighted by Crippen LogP contribution is 2.24. The van der Waals surface area contributed by atoms with Gasteiger partial charge in [0.15, 0.2) is 11.6 Å². The Kier molecular flexibility index (Phi) is 5.00. The lowest BCUT2D eigenvalue weighted by atomic mass is 10.1. The fraction of sp³-hybridized carbons (Fsp3) is 0.125. The summed E-state index contributed by atoms with van der Waals surface area (Å²) in [4.78, 5) is 0. The predicted molar refractivity (Wildman–Crippen MR) is 76.1 cm³/mol. The van der Waals surface area contributed by atoms with E-state index in [9.17, 15) is 4.39 Å². The molecule has 0 saturated heterocycles. The van der Waals surface area contributed by atoms with Crippen LogP contribution >= 0.6 is 11.6 Å². The summed E-state index contributed by atoms with van der Waals surface area (Å²) in [6.07, 6.45) is 0. The van der Waals surface area contributed by atoms with E-state index in [1.165, 1.54) is 12.1 Å². The van der Waals surface area contributed by atoms with Gasteiger partial charge in [-0.05, 0) is 29.8 Å². The number of hydrogen-bond donors (Lipinski definition) is 1. The molecule has 0 aromatic heterocycles. The van der Waals surface area contributed by atoms with E-state index in [0.29, 0.717) is 0 Å². The molecule has 0 aliphatic heterocycles. The summed E-state index contributed by atoms with van der Waals surface area (Å²) < 4.78 is 19.0. The summed E-state index contributed by atoms with van der Waals surface area (Å²) in [5.41, 5.74) is 1.69. The molecule has 0 saturated carbocycles. The second-order valence-corrected chi connectivity index (χ2v) is 4.40. The molecule has 0 radical (unpaired) electrons. The number of hydrogen-bond acceptors (Lipinski definition) is 2. The Morgan fingerprint density at radius 2 is 1.90 bits per heavy atom. The van der Waals surface area contributed by atoms with Crippen molar-refractivity contribution in [2.24, 2.45) is 0 Å². The van der Waals surface area contributed by atoms with E-state index in [2.05, 4.69) is 11.8 Å². The molecule has 0 aliphatic rings. The maximum absolute atomic E-state index is 13.6. The average molecular weight is 291 g/mol. The Hall–Kier alpha value is -2.02. The molecule has 2 rings (SSSR count). The molecule has 2 aromatic rings. The zero-order valence-corrected chi connectivity index (χ0v) is 11.3.